The van der Waals surface area contributed by atoms with Crippen molar-refractivity contribution in [3.05, 3.63) is 83.9 Å². The Morgan fingerprint density at radius 2 is 1.59 bits per heavy atom. The van der Waals surface area contributed by atoms with Gasteiger partial charge in [-0.2, -0.15) is 0 Å². The molecule has 0 aromatic heterocycles. The average molecular weight is 458 g/mol. The van der Waals surface area contributed by atoms with Crippen LogP contribution in [-0.4, -0.2) is 41.9 Å². The van der Waals surface area contributed by atoms with Crippen molar-refractivity contribution in [2.45, 2.75) is 51.7 Å². The first kappa shape index (κ1) is 24.0. The highest BCUT2D eigenvalue weighted by Crippen LogP contribution is 2.19. The topological polar surface area (TPSA) is 61.4 Å². The Kier molecular flexibility index (Phi) is 7.96. The van der Waals surface area contributed by atoms with E-state index in [1.54, 1.807) is 0 Å². The second kappa shape index (κ2) is 11.3. The van der Waals surface area contributed by atoms with Crippen LogP contribution in [0, 0.1) is 5.92 Å². The lowest BCUT2D eigenvalue weighted by Crippen LogP contribution is -2.54. The van der Waals surface area contributed by atoms with Gasteiger partial charge in [-0.1, -0.05) is 86.6 Å². The first-order chi connectivity index (χ1) is 16.5. The van der Waals surface area contributed by atoms with Crippen molar-refractivity contribution in [1.29, 1.82) is 0 Å². The van der Waals surface area contributed by atoms with Gasteiger partial charge in [0.15, 0.2) is 0 Å². The molecule has 178 valence electrons. The highest BCUT2D eigenvalue weighted by molar-refractivity contribution is 5.92. The largest absolute Gasteiger partial charge is 0.351 e. The van der Waals surface area contributed by atoms with Crippen LogP contribution in [0.5, 0.6) is 0 Å². The van der Waals surface area contributed by atoms with Gasteiger partial charge in [0.2, 0.25) is 11.8 Å². The second-order valence-electron chi connectivity index (χ2n) is 9.65. The number of hydrogen-bond acceptors (Lipinski definition) is 3. The molecule has 3 aromatic carbocycles. The summed E-state index contributed by atoms with van der Waals surface area (Å²) < 4.78 is 0. The van der Waals surface area contributed by atoms with Gasteiger partial charge in [0.25, 0.3) is 0 Å². The number of hydrogen-bond donors (Lipinski definition) is 2. The molecule has 0 unspecified atom stereocenters. The highest BCUT2D eigenvalue weighted by atomic mass is 16.2. The van der Waals surface area contributed by atoms with E-state index < -0.39 is 6.04 Å². The molecule has 1 saturated heterocycles. The highest BCUT2D eigenvalue weighted by Gasteiger charge is 2.28. The average Bonchev–Trinajstić information content (AvgIpc) is 2.84. The molecule has 0 radical (unpaired) electrons. The summed E-state index contributed by atoms with van der Waals surface area (Å²) in [5.41, 5.74) is 2.29. The molecule has 4 rings (SSSR count). The maximum atomic E-state index is 13.1. The van der Waals surface area contributed by atoms with Crippen LogP contribution < -0.4 is 10.6 Å². The molecule has 34 heavy (non-hydrogen) atoms. The molecule has 3 aromatic rings. The van der Waals surface area contributed by atoms with Gasteiger partial charge >= 0.3 is 0 Å². The Bertz CT molecular complexity index is 1100. The number of nitrogens with zero attached hydrogens (tertiary/aromatic N) is 1. The molecule has 1 aliphatic heterocycles. The van der Waals surface area contributed by atoms with Crippen LogP contribution in [-0.2, 0) is 22.6 Å². The van der Waals surface area contributed by atoms with Crippen LogP contribution in [0.3, 0.4) is 0 Å². The first-order valence-electron chi connectivity index (χ1n) is 12.3. The molecule has 2 N–H and O–H groups in total. The number of rotatable bonds is 8. The van der Waals surface area contributed by atoms with E-state index in [1.165, 1.54) is 5.56 Å². The van der Waals surface area contributed by atoms with E-state index in [1.807, 2.05) is 62.4 Å². The third kappa shape index (κ3) is 6.23. The van der Waals surface area contributed by atoms with Crippen molar-refractivity contribution in [1.82, 2.24) is 15.5 Å². The quantitative estimate of drug-likeness (QED) is 0.530. The summed E-state index contributed by atoms with van der Waals surface area (Å²) in [5.74, 6) is -0.194. The summed E-state index contributed by atoms with van der Waals surface area (Å²) in [4.78, 5) is 28.4. The summed E-state index contributed by atoms with van der Waals surface area (Å²) in [5, 5.41) is 8.39. The number of amides is 2. The van der Waals surface area contributed by atoms with E-state index in [-0.39, 0.29) is 30.2 Å². The molecule has 0 bridgehead atoms. The molecule has 1 aliphatic rings. The molecular formula is C29H35N3O2. The Morgan fingerprint density at radius 1 is 0.912 bits per heavy atom. The van der Waals surface area contributed by atoms with E-state index in [0.29, 0.717) is 0 Å². The van der Waals surface area contributed by atoms with Crippen LogP contribution in [0.15, 0.2) is 72.8 Å². The van der Waals surface area contributed by atoms with Gasteiger partial charge < -0.3 is 10.6 Å². The fourth-order valence-electron chi connectivity index (χ4n) is 4.75. The van der Waals surface area contributed by atoms with Gasteiger partial charge in [-0.15, -0.1) is 0 Å². The molecule has 0 saturated carbocycles. The minimum Gasteiger partial charge on any atom is -0.351 e. The molecule has 2 amide bonds. The summed E-state index contributed by atoms with van der Waals surface area (Å²) in [7, 11) is 0. The second-order valence-corrected chi connectivity index (χ2v) is 9.65. The molecule has 5 nitrogen and oxygen atoms in total. The summed E-state index contributed by atoms with van der Waals surface area (Å²) in [6.07, 6.45) is 2.11. The zero-order valence-corrected chi connectivity index (χ0v) is 20.2. The van der Waals surface area contributed by atoms with Crippen LogP contribution >= 0.6 is 0 Å². The number of nitrogens with one attached hydrogen (secondary N) is 2. The first-order valence-corrected chi connectivity index (χ1v) is 12.3. The minimum atomic E-state index is -0.537. The third-order valence-electron chi connectivity index (χ3n) is 6.68. The van der Waals surface area contributed by atoms with Crippen LogP contribution in [0.25, 0.3) is 10.8 Å². The monoisotopic (exact) mass is 457 g/mol. The zero-order valence-electron chi connectivity index (χ0n) is 20.2. The van der Waals surface area contributed by atoms with Gasteiger partial charge in [-0.05, 0) is 40.7 Å². The Morgan fingerprint density at radius 3 is 2.32 bits per heavy atom. The predicted octanol–water partition coefficient (Wildman–Crippen LogP) is 4.30. The summed E-state index contributed by atoms with van der Waals surface area (Å²) >= 11 is 0. The van der Waals surface area contributed by atoms with Crippen molar-refractivity contribution in [3.8, 4) is 0 Å². The zero-order chi connectivity index (χ0) is 23.9. The minimum absolute atomic E-state index is 0.00892. The number of fused-ring (bicyclic) bond motifs is 1. The van der Waals surface area contributed by atoms with Gasteiger partial charge in [0, 0.05) is 25.7 Å². The molecule has 0 aliphatic carbocycles. The van der Waals surface area contributed by atoms with Crippen molar-refractivity contribution in [3.63, 3.8) is 0 Å². The molecule has 1 heterocycles. The fraction of sp³-hybridized carbons (Fsp3) is 0.379. The number of carbonyl (C=O) groups excluding carboxylic acids is 2. The van der Waals surface area contributed by atoms with E-state index in [4.69, 9.17) is 0 Å². The normalized spacial score (nSPS) is 15.9. The number of carbonyl (C=O) groups is 2. The van der Waals surface area contributed by atoms with Crippen LogP contribution in [0.2, 0.25) is 0 Å². The smallest absolute Gasteiger partial charge is 0.243 e. The van der Waals surface area contributed by atoms with E-state index in [9.17, 15) is 9.59 Å². The van der Waals surface area contributed by atoms with Gasteiger partial charge in [-0.3, -0.25) is 14.5 Å². The van der Waals surface area contributed by atoms with Crippen LogP contribution in [0.4, 0.5) is 0 Å². The van der Waals surface area contributed by atoms with Crippen LogP contribution in [0.1, 0.15) is 37.8 Å². The summed E-state index contributed by atoms with van der Waals surface area (Å²) in [6, 6.07) is 24.2. The lowest BCUT2D eigenvalue weighted by molar-refractivity contribution is -0.130. The van der Waals surface area contributed by atoms with Gasteiger partial charge in [0.05, 0.1) is 6.42 Å². The van der Waals surface area contributed by atoms with Crippen molar-refractivity contribution in [2.75, 3.05) is 13.1 Å². The number of piperidine rings is 1. The fourth-order valence-corrected chi connectivity index (χ4v) is 4.75. The standard InChI is InChI=1S/C29H35N3O2/c1-21(2)28(31-27(33)19-24-13-8-12-23-11-6-7-14-26(23)24)29(34)30-25-15-17-32(18-16-25)20-22-9-4-3-5-10-22/h3-14,21,25,28H,15-20H2,1-2H3,(H,30,34)(H,31,33)/t28-/m1/s1. The molecule has 5 heteroatoms. The van der Waals surface area contributed by atoms with Gasteiger partial charge in [-0.25, -0.2) is 0 Å². The lowest BCUT2D eigenvalue weighted by Gasteiger charge is -2.33. The SMILES string of the molecule is CC(C)[C@@H](NC(=O)Cc1cccc2ccccc12)C(=O)NC1CCN(Cc2ccccc2)CC1. The van der Waals surface area contributed by atoms with Crippen molar-refractivity contribution >= 4 is 22.6 Å². The lowest BCUT2D eigenvalue weighted by atomic mass is 9.99. The maximum absolute atomic E-state index is 13.1. The van der Waals surface area contributed by atoms with E-state index >= 15 is 0 Å². The predicted molar refractivity (Wildman–Crippen MR) is 137 cm³/mol. The Balaban J connectivity index is 1.30. The Hall–Kier alpha value is -3.18. The van der Waals surface area contributed by atoms with Crippen molar-refractivity contribution in [2.24, 2.45) is 5.92 Å². The molecular weight excluding hydrogens is 422 g/mol. The molecule has 1 atom stereocenters. The third-order valence-corrected chi connectivity index (χ3v) is 6.68. The number of benzene rings is 3. The van der Waals surface area contributed by atoms with E-state index in [2.05, 4.69) is 39.8 Å². The number of likely N-dealkylation sites (tertiary alicyclic amines) is 1. The summed E-state index contributed by atoms with van der Waals surface area (Å²) in [6.45, 7) is 6.81. The Labute approximate surface area is 202 Å². The van der Waals surface area contributed by atoms with Crippen molar-refractivity contribution < 1.29 is 9.59 Å². The molecule has 1 fully saturated rings. The molecule has 0 spiro atoms. The van der Waals surface area contributed by atoms with Gasteiger partial charge in [0.1, 0.15) is 6.04 Å². The van der Waals surface area contributed by atoms with E-state index in [0.717, 1.165) is 48.8 Å². The maximum Gasteiger partial charge on any atom is 0.243 e.